The molecule has 0 bridgehead atoms. The van der Waals surface area contributed by atoms with Crippen LogP contribution in [0.25, 0.3) is 0 Å². The van der Waals surface area contributed by atoms with Crippen molar-refractivity contribution in [3.05, 3.63) is 59.7 Å². The molecule has 3 aliphatic rings. The zero-order valence-electron chi connectivity index (χ0n) is 25.1. The normalized spacial score (nSPS) is 26.1. The van der Waals surface area contributed by atoms with Gasteiger partial charge in [-0.2, -0.15) is 4.31 Å². The highest BCUT2D eigenvalue weighted by Gasteiger charge is 2.42. The molecular weight excluding hydrogens is 586 g/mol. The molecule has 12 heteroatoms. The van der Waals surface area contributed by atoms with Crippen molar-refractivity contribution < 1.29 is 37.3 Å². The van der Waals surface area contributed by atoms with Crippen LogP contribution in [-0.2, 0) is 42.0 Å². The number of amides is 1. The highest BCUT2D eigenvalue weighted by Crippen LogP contribution is 2.32. The molecule has 3 aliphatic heterocycles. The monoisotopic (exact) mass is 631 g/mol. The van der Waals surface area contributed by atoms with Crippen molar-refractivity contribution in [1.29, 1.82) is 0 Å². The number of carbonyl (C=O) groups is 1. The number of carbonyl (C=O) groups excluding carboxylic acids is 1. The highest BCUT2D eigenvalue weighted by atomic mass is 32.2. The van der Waals surface area contributed by atoms with Gasteiger partial charge in [0.05, 0.1) is 30.3 Å². The number of sulfonamides is 1. The number of nitrogens with zero attached hydrogens (tertiary/aromatic N) is 1. The number of fused-ring (bicyclic) bond motifs is 2. The Morgan fingerprint density at radius 1 is 1.05 bits per heavy atom. The van der Waals surface area contributed by atoms with Crippen LogP contribution >= 0.6 is 0 Å². The van der Waals surface area contributed by atoms with Gasteiger partial charge < -0.3 is 35.1 Å². The predicted molar refractivity (Wildman–Crippen MR) is 164 cm³/mol. The van der Waals surface area contributed by atoms with Crippen LogP contribution in [0, 0.1) is 5.92 Å². The molecule has 242 valence electrons. The third-order valence-electron chi connectivity index (χ3n) is 8.59. The van der Waals surface area contributed by atoms with E-state index in [1.807, 2.05) is 30.3 Å². The molecule has 0 aromatic heterocycles. The minimum absolute atomic E-state index is 0.0400. The van der Waals surface area contributed by atoms with Gasteiger partial charge in [0.2, 0.25) is 10.0 Å². The van der Waals surface area contributed by atoms with E-state index in [1.165, 1.54) is 10.4 Å². The van der Waals surface area contributed by atoms with Gasteiger partial charge in [0.1, 0.15) is 6.10 Å². The Balaban J connectivity index is 1.35. The van der Waals surface area contributed by atoms with E-state index in [4.69, 9.17) is 24.7 Å². The smallest absolute Gasteiger partial charge is 0.407 e. The van der Waals surface area contributed by atoms with Gasteiger partial charge in [-0.25, -0.2) is 13.2 Å². The standard InChI is InChI=1S/C32H45N3O8S/c33-25-13-14-30-24(19-25)21-40-16-8-3-1-2-7-15-35(44(30,38)39)20-28(36)27(18-23-10-5-4-6-11-23)34-32(37)43-29-22-42-31-26(29)12-9-17-41-31/h4-6,10-11,13-14,19,26-29,31,36H,1-3,7-9,12,15-18,20-22,33H2,(H,34,37)/t26-,27+,28-,29-,31+/m1/s1. The minimum atomic E-state index is -4.04. The molecule has 1 amide bonds. The van der Waals surface area contributed by atoms with Crippen LogP contribution in [0.3, 0.4) is 0 Å². The molecule has 4 N–H and O–H groups in total. The lowest BCUT2D eigenvalue weighted by molar-refractivity contribution is -0.152. The van der Waals surface area contributed by atoms with Crippen molar-refractivity contribution >= 4 is 21.8 Å². The van der Waals surface area contributed by atoms with E-state index in [1.54, 1.807) is 12.1 Å². The fourth-order valence-corrected chi connectivity index (χ4v) is 7.86. The van der Waals surface area contributed by atoms with E-state index < -0.39 is 34.4 Å². The van der Waals surface area contributed by atoms with Crippen LogP contribution in [0.2, 0.25) is 0 Å². The largest absolute Gasteiger partial charge is 0.443 e. The molecule has 2 fully saturated rings. The van der Waals surface area contributed by atoms with Crippen molar-refractivity contribution in [1.82, 2.24) is 9.62 Å². The lowest BCUT2D eigenvalue weighted by Crippen LogP contribution is -2.51. The summed E-state index contributed by atoms with van der Waals surface area (Å²) >= 11 is 0. The van der Waals surface area contributed by atoms with Gasteiger partial charge in [-0.1, -0.05) is 49.6 Å². The number of aliphatic hydroxyl groups excluding tert-OH is 1. The third-order valence-corrected chi connectivity index (χ3v) is 10.6. The summed E-state index contributed by atoms with van der Waals surface area (Å²) in [5, 5.41) is 14.5. The number of benzene rings is 2. The summed E-state index contributed by atoms with van der Waals surface area (Å²) < 4.78 is 52.5. The highest BCUT2D eigenvalue weighted by molar-refractivity contribution is 7.89. The number of aliphatic hydroxyl groups is 1. The first-order valence-corrected chi connectivity index (χ1v) is 17.1. The van der Waals surface area contributed by atoms with Crippen LogP contribution in [0.5, 0.6) is 0 Å². The van der Waals surface area contributed by atoms with Gasteiger partial charge in [-0.3, -0.25) is 0 Å². The van der Waals surface area contributed by atoms with Gasteiger partial charge in [-0.05, 0) is 61.4 Å². The third kappa shape index (κ3) is 8.49. The molecule has 5 atom stereocenters. The number of β-amino-alcohol motifs (C(OH)–C–C–N with tert-alkyl or cyclic N) is 1. The lowest BCUT2D eigenvalue weighted by atomic mass is 9.97. The maximum absolute atomic E-state index is 14.1. The molecule has 11 nitrogen and oxygen atoms in total. The second-order valence-electron chi connectivity index (χ2n) is 11.9. The van der Waals surface area contributed by atoms with Crippen LogP contribution in [0.4, 0.5) is 10.5 Å². The second kappa shape index (κ2) is 15.5. The van der Waals surface area contributed by atoms with Gasteiger partial charge in [0, 0.05) is 37.9 Å². The van der Waals surface area contributed by atoms with E-state index in [2.05, 4.69) is 5.32 Å². The number of hydrogen-bond donors (Lipinski definition) is 3. The molecule has 0 aliphatic carbocycles. The van der Waals surface area contributed by atoms with Gasteiger partial charge in [0.15, 0.2) is 6.29 Å². The molecule has 0 radical (unpaired) electrons. The SMILES string of the molecule is Nc1ccc2c(c1)COCCCCCCCN(C[C@@H](O)[C@H](Cc1ccccc1)NC(=O)O[C@@H]1CO[C@@H]3OCCC[C@@H]31)S2(=O)=O. The minimum Gasteiger partial charge on any atom is -0.443 e. The van der Waals surface area contributed by atoms with Gasteiger partial charge in [-0.15, -0.1) is 0 Å². The number of ether oxygens (including phenoxy) is 4. The molecule has 44 heavy (non-hydrogen) atoms. The molecule has 5 rings (SSSR count). The van der Waals surface area contributed by atoms with Crippen molar-refractivity contribution in [3.63, 3.8) is 0 Å². The van der Waals surface area contributed by atoms with Crippen molar-refractivity contribution in [2.45, 2.75) is 87.4 Å². The molecule has 2 saturated heterocycles. The Bertz CT molecular complexity index is 1330. The first-order valence-electron chi connectivity index (χ1n) is 15.7. The number of nitrogen functional groups attached to an aromatic ring is 1. The second-order valence-corrected chi connectivity index (χ2v) is 13.8. The van der Waals surface area contributed by atoms with E-state index >= 15 is 0 Å². The maximum Gasteiger partial charge on any atom is 0.407 e. The fraction of sp³-hybridized carbons (Fsp3) is 0.594. The first-order chi connectivity index (χ1) is 21.3. The zero-order valence-corrected chi connectivity index (χ0v) is 26.0. The number of nitrogens with one attached hydrogen (secondary N) is 1. The van der Waals surface area contributed by atoms with Crippen LogP contribution < -0.4 is 11.1 Å². The van der Waals surface area contributed by atoms with E-state index in [0.29, 0.717) is 30.9 Å². The Labute approximate surface area is 260 Å². The van der Waals surface area contributed by atoms with Crippen LogP contribution in [0.15, 0.2) is 53.4 Å². The summed E-state index contributed by atoms with van der Waals surface area (Å²) in [5.41, 5.74) is 7.82. The topological polar surface area (TPSA) is 150 Å². The van der Waals surface area contributed by atoms with Gasteiger partial charge in [0.25, 0.3) is 0 Å². The number of rotatable bonds is 7. The Morgan fingerprint density at radius 2 is 1.84 bits per heavy atom. The molecule has 0 spiro atoms. The molecule has 3 heterocycles. The van der Waals surface area contributed by atoms with Gasteiger partial charge >= 0.3 is 6.09 Å². The van der Waals surface area contributed by atoms with E-state index in [-0.39, 0.29) is 49.8 Å². The van der Waals surface area contributed by atoms with Crippen LogP contribution in [0.1, 0.15) is 56.1 Å². The molecule has 2 aromatic rings. The fourth-order valence-electron chi connectivity index (χ4n) is 6.17. The molecular formula is C32H45N3O8S. The van der Waals surface area contributed by atoms with Crippen LogP contribution in [-0.4, -0.2) is 81.4 Å². The Kier molecular flexibility index (Phi) is 11.5. The van der Waals surface area contributed by atoms with E-state index in [0.717, 1.165) is 44.1 Å². The summed E-state index contributed by atoms with van der Waals surface area (Å²) in [5.74, 6) is -0.0400. The van der Waals surface area contributed by atoms with Crippen molar-refractivity contribution in [2.75, 3.05) is 38.6 Å². The van der Waals surface area contributed by atoms with Crippen molar-refractivity contribution in [3.8, 4) is 0 Å². The number of anilines is 1. The summed E-state index contributed by atoms with van der Waals surface area (Å²) in [7, 11) is -4.04. The summed E-state index contributed by atoms with van der Waals surface area (Å²) in [6, 6.07) is 13.3. The predicted octanol–water partition coefficient (Wildman–Crippen LogP) is 3.59. The number of nitrogens with two attached hydrogens (primary N) is 1. The average Bonchev–Trinajstić information content (AvgIpc) is 3.42. The zero-order chi connectivity index (χ0) is 30.9. The quantitative estimate of drug-likeness (QED) is 0.390. The average molecular weight is 632 g/mol. The number of alkyl carbamates (subject to hydrolysis) is 1. The van der Waals surface area contributed by atoms with E-state index in [9.17, 15) is 18.3 Å². The lowest BCUT2D eigenvalue weighted by Gasteiger charge is -2.31. The Morgan fingerprint density at radius 3 is 2.68 bits per heavy atom. The molecule has 0 unspecified atom stereocenters. The molecule has 0 saturated carbocycles. The number of hydrogen-bond acceptors (Lipinski definition) is 9. The van der Waals surface area contributed by atoms with Crippen molar-refractivity contribution in [2.24, 2.45) is 5.92 Å². The Hall–Kier alpha value is -2.74. The molecule has 2 aromatic carbocycles. The summed E-state index contributed by atoms with van der Waals surface area (Å²) in [6.07, 6.45) is 3.58. The first kappa shape index (κ1) is 32.6. The maximum atomic E-state index is 14.1. The summed E-state index contributed by atoms with van der Waals surface area (Å²) in [4.78, 5) is 13.3. The summed E-state index contributed by atoms with van der Waals surface area (Å²) in [6.45, 7) is 1.55.